The maximum Gasteiger partial charge on any atom is 0.417 e. The summed E-state index contributed by atoms with van der Waals surface area (Å²) in [6, 6.07) is 5.65. The molecule has 6 heteroatoms. The van der Waals surface area contributed by atoms with Gasteiger partial charge in [0.25, 0.3) is 0 Å². The molecule has 0 amide bonds. The molecule has 0 spiro atoms. The summed E-state index contributed by atoms with van der Waals surface area (Å²) in [7, 11) is 0. The number of rotatable bonds is 1. The topological polar surface area (TPSA) is 64.9 Å². The van der Waals surface area contributed by atoms with Crippen molar-refractivity contribution in [2.45, 2.75) is 6.18 Å². The van der Waals surface area contributed by atoms with E-state index in [2.05, 4.69) is 4.98 Å². The Balaban J connectivity index is 2.55. The van der Waals surface area contributed by atoms with E-state index >= 15 is 0 Å². The smallest absolute Gasteiger partial charge is 0.399 e. The van der Waals surface area contributed by atoms with Crippen molar-refractivity contribution in [1.82, 2.24) is 4.98 Å². The van der Waals surface area contributed by atoms with E-state index in [4.69, 9.17) is 11.5 Å². The molecule has 0 atom stereocenters. The first-order chi connectivity index (χ1) is 8.38. The lowest BCUT2D eigenvalue weighted by Crippen LogP contribution is -2.05. The molecule has 0 fully saturated rings. The Hall–Kier alpha value is -2.24. The summed E-state index contributed by atoms with van der Waals surface area (Å²) in [4.78, 5) is 3.58. The van der Waals surface area contributed by atoms with Crippen molar-refractivity contribution >= 4 is 11.4 Å². The zero-order valence-electron chi connectivity index (χ0n) is 9.20. The van der Waals surface area contributed by atoms with Crippen LogP contribution in [-0.2, 0) is 6.18 Å². The lowest BCUT2D eigenvalue weighted by molar-refractivity contribution is -0.137. The van der Waals surface area contributed by atoms with Gasteiger partial charge in [0.05, 0.1) is 5.56 Å². The van der Waals surface area contributed by atoms with Crippen molar-refractivity contribution in [3.05, 3.63) is 42.2 Å². The first kappa shape index (κ1) is 12.2. The van der Waals surface area contributed by atoms with Gasteiger partial charge in [0.15, 0.2) is 0 Å². The van der Waals surface area contributed by atoms with Crippen molar-refractivity contribution < 1.29 is 13.2 Å². The van der Waals surface area contributed by atoms with E-state index in [1.165, 1.54) is 12.3 Å². The highest BCUT2D eigenvalue weighted by atomic mass is 19.4. The van der Waals surface area contributed by atoms with Crippen molar-refractivity contribution in [3.63, 3.8) is 0 Å². The van der Waals surface area contributed by atoms with Gasteiger partial charge in [-0.3, -0.25) is 4.98 Å². The zero-order chi connectivity index (χ0) is 13.3. The summed E-state index contributed by atoms with van der Waals surface area (Å²) in [5.74, 6) is 0. The number of pyridine rings is 1. The third kappa shape index (κ3) is 2.37. The van der Waals surface area contributed by atoms with Crippen molar-refractivity contribution in [2.24, 2.45) is 0 Å². The molecule has 0 saturated carbocycles. The molecule has 0 radical (unpaired) electrons. The van der Waals surface area contributed by atoms with Crippen LogP contribution in [0.25, 0.3) is 11.1 Å². The van der Waals surface area contributed by atoms with Crippen LogP contribution >= 0.6 is 0 Å². The third-order valence-electron chi connectivity index (χ3n) is 2.45. The molecule has 0 aliphatic heterocycles. The van der Waals surface area contributed by atoms with Crippen LogP contribution in [0.15, 0.2) is 36.7 Å². The largest absolute Gasteiger partial charge is 0.417 e. The van der Waals surface area contributed by atoms with Crippen molar-refractivity contribution in [1.29, 1.82) is 0 Å². The summed E-state index contributed by atoms with van der Waals surface area (Å²) in [6.07, 6.45) is -2.34. The van der Waals surface area contributed by atoms with Crippen LogP contribution in [-0.4, -0.2) is 4.98 Å². The van der Waals surface area contributed by atoms with E-state index in [1.807, 2.05) is 0 Å². The highest BCUT2D eigenvalue weighted by Gasteiger charge is 2.31. The minimum absolute atomic E-state index is 0.287. The van der Waals surface area contributed by atoms with Gasteiger partial charge in [0.1, 0.15) is 0 Å². The second-order valence-electron chi connectivity index (χ2n) is 3.81. The maximum atomic E-state index is 12.6. The van der Waals surface area contributed by atoms with Gasteiger partial charge in [-0.05, 0) is 24.3 Å². The molecule has 3 nitrogen and oxygen atoms in total. The monoisotopic (exact) mass is 253 g/mol. The fraction of sp³-hybridized carbons (Fsp3) is 0.0833. The number of hydrogen-bond acceptors (Lipinski definition) is 3. The van der Waals surface area contributed by atoms with Gasteiger partial charge in [0, 0.05) is 34.9 Å². The number of benzene rings is 1. The molecule has 0 saturated heterocycles. The molecule has 0 aliphatic rings. The predicted octanol–water partition coefficient (Wildman–Crippen LogP) is 2.93. The molecule has 1 heterocycles. The number of anilines is 2. The maximum absolute atomic E-state index is 12.6. The van der Waals surface area contributed by atoms with Crippen molar-refractivity contribution in [3.8, 4) is 11.1 Å². The van der Waals surface area contributed by atoms with Crippen LogP contribution in [0.1, 0.15) is 5.56 Å². The summed E-state index contributed by atoms with van der Waals surface area (Å²) < 4.78 is 37.7. The van der Waals surface area contributed by atoms with Gasteiger partial charge in [-0.2, -0.15) is 13.2 Å². The van der Waals surface area contributed by atoms with Crippen LogP contribution in [0.2, 0.25) is 0 Å². The molecule has 0 aliphatic carbocycles. The first-order valence-corrected chi connectivity index (χ1v) is 5.05. The van der Waals surface area contributed by atoms with E-state index in [-0.39, 0.29) is 5.56 Å². The minimum Gasteiger partial charge on any atom is -0.399 e. The van der Waals surface area contributed by atoms with Gasteiger partial charge in [0.2, 0.25) is 0 Å². The SMILES string of the molecule is Nc1ccc(N)c(-c2cncc(C(F)(F)F)c2)c1. The van der Waals surface area contributed by atoms with E-state index in [9.17, 15) is 13.2 Å². The van der Waals surface area contributed by atoms with Gasteiger partial charge in [-0.15, -0.1) is 0 Å². The van der Waals surface area contributed by atoms with Gasteiger partial charge >= 0.3 is 6.18 Å². The summed E-state index contributed by atoms with van der Waals surface area (Å²) in [6.45, 7) is 0. The second kappa shape index (κ2) is 4.21. The molecule has 0 unspecified atom stereocenters. The fourth-order valence-electron chi connectivity index (χ4n) is 1.57. The van der Waals surface area contributed by atoms with E-state index in [0.29, 0.717) is 16.9 Å². The summed E-state index contributed by atoms with van der Waals surface area (Å²) in [5, 5.41) is 0. The van der Waals surface area contributed by atoms with Crippen LogP contribution in [0.5, 0.6) is 0 Å². The molecule has 94 valence electrons. The van der Waals surface area contributed by atoms with Gasteiger partial charge < -0.3 is 11.5 Å². The molecule has 1 aromatic heterocycles. The Labute approximate surface area is 101 Å². The normalized spacial score (nSPS) is 11.5. The van der Waals surface area contributed by atoms with E-state index < -0.39 is 11.7 Å². The van der Waals surface area contributed by atoms with Crippen LogP contribution < -0.4 is 11.5 Å². The predicted molar refractivity (Wildman–Crippen MR) is 63.5 cm³/mol. The fourth-order valence-corrected chi connectivity index (χ4v) is 1.57. The minimum atomic E-state index is -4.43. The van der Waals surface area contributed by atoms with Crippen LogP contribution in [0.4, 0.5) is 24.5 Å². The Morgan fingerprint density at radius 1 is 1.00 bits per heavy atom. The van der Waals surface area contributed by atoms with E-state index in [1.54, 1.807) is 12.1 Å². The zero-order valence-corrected chi connectivity index (χ0v) is 9.20. The molecule has 2 aromatic rings. The number of nitrogens with zero attached hydrogens (tertiary/aromatic N) is 1. The number of alkyl halides is 3. The highest BCUT2D eigenvalue weighted by Crippen LogP contribution is 2.33. The molecule has 0 bridgehead atoms. The Bertz CT molecular complexity index is 579. The average molecular weight is 253 g/mol. The lowest BCUT2D eigenvalue weighted by Gasteiger charge is -2.10. The molecular formula is C12H10F3N3. The number of hydrogen-bond donors (Lipinski definition) is 2. The van der Waals surface area contributed by atoms with E-state index in [0.717, 1.165) is 12.3 Å². The second-order valence-corrected chi connectivity index (χ2v) is 3.81. The molecule has 1 aromatic carbocycles. The third-order valence-corrected chi connectivity index (χ3v) is 2.45. The number of halogens is 3. The van der Waals surface area contributed by atoms with Crippen molar-refractivity contribution in [2.75, 3.05) is 11.5 Å². The molecule has 18 heavy (non-hydrogen) atoms. The van der Waals surface area contributed by atoms with Gasteiger partial charge in [-0.25, -0.2) is 0 Å². The lowest BCUT2D eigenvalue weighted by atomic mass is 10.0. The Morgan fingerprint density at radius 2 is 1.72 bits per heavy atom. The van der Waals surface area contributed by atoms with Gasteiger partial charge in [-0.1, -0.05) is 0 Å². The molecule has 4 N–H and O–H groups in total. The molecule has 2 rings (SSSR count). The number of aromatic nitrogens is 1. The average Bonchev–Trinajstić information content (AvgIpc) is 2.31. The Morgan fingerprint density at radius 3 is 2.39 bits per heavy atom. The highest BCUT2D eigenvalue weighted by molar-refractivity contribution is 5.79. The first-order valence-electron chi connectivity index (χ1n) is 5.05. The summed E-state index contributed by atoms with van der Waals surface area (Å²) >= 11 is 0. The molecular weight excluding hydrogens is 243 g/mol. The number of nitrogen functional groups attached to an aromatic ring is 2. The number of nitrogens with two attached hydrogens (primary N) is 2. The van der Waals surface area contributed by atoms with Crippen LogP contribution in [0, 0.1) is 0 Å². The van der Waals surface area contributed by atoms with Crippen LogP contribution in [0.3, 0.4) is 0 Å². The Kier molecular flexibility index (Phi) is 2.86. The summed E-state index contributed by atoms with van der Waals surface area (Å²) in [5.41, 5.74) is 12.0. The quantitative estimate of drug-likeness (QED) is 0.768. The standard InChI is InChI=1S/C12H10F3N3/c13-12(14,15)8-3-7(5-18-6-8)10-4-9(16)1-2-11(10)17/h1-6H,16-17H2.